The van der Waals surface area contributed by atoms with Crippen molar-refractivity contribution in [1.29, 1.82) is 15.8 Å². The van der Waals surface area contributed by atoms with Gasteiger partial charge in [0, 0.05) is 60.9 Å². The Morgan fingerprint density at radius 3 is 0.816 bits per heavy atom. The van der Waals surface area contributed by atoms with E-state index in [0.29, 0.717) is 23.1 Å². The topological polar surface area (TPSA) is 91.1 Å². The Hall–Kier alpha value is -10.1. The Bertz CT molecular complexity index is 5060. The average molecular weight is 972 g/mol. The Labute approximate surface area is 437 Å². The third-order valence-corrected chi connectivity index (χ3v) is 16.3. The number of rotatable bonds is 4. The maximum absolute atomic E-state index is 10.3. The highest BCUT2D eigenvalue weighted by Gasteiger charge is 2.31. The Balaban J connectivity index is 1.12. The number of nitrogens with zero attached hydrogens (tertiary/aromatic N) is 7. The Morgan fingerprint density at radius 1 is 0.289 bits per heavy atom. The number of hydrogen-bond acceptors (Lipinski definition) is 3. The average Bonchev–Trinajstić information content (AvgIpc) is 4.38. The molecule has 0 N–H and O–H groups in total. The van der Waals surface area contributed by atoms with Gasteiger partial charge >= 0.3 is 0 Å². The minimum absolute atomic E-state index is 0.618. The van der Waals surface area contributed by atoms with Crippen LogP contribution in [0, 0.1) is 68.6 Å². The van der Waals surface area contributed by atoms with Crippen LogP contribution < -0.4 is 0 Å². The van der Waals surface area contributed by atoms with Gasteiger partial charge in [0.05, 0.1) is 90.4 Å². The molecule has 0 atom stereocenters. The molecule has 76 heavy (non-hydrogen) atoms. The van der Waals surface area contributed by atoms with Crippen LogP contribution >= 0.6 is 0 Å². The molecule has 14 aromatic rings. The van der Waals surface area contributed by atoms with Crippen molar-refractivity contribution in [3.8, 4) is 52.1 Å². The third-order valence-electron chi connectivity index (χ3n) is 16.3. The Kier molecular flexibility index (Phi) is 8.97. The van der Waals surface area contributed by atoms with Crippen LogP contribution in [0.25, 0.3) is 121 Å². The number of nitriles is 3. The first kappa shape index (κ1) is 43.5. The minimum atomic E-state index is 0.618. The summed E-state index contributed by atoms with van der Waals surface area (Å²) in [5, 5.41) is 39.5. The van der Waals surface area contributed by atoms with Crippen LogP contribution in [0.3, 0.4) is 0 Å². The molecule has 0 fully saturated rings. The molecule has 0 saturated heterocycles. The molecule has 1 aliphatic rings. The van der Waals surface area contributed by atoms with Gasteiger partial charge < -0.3 is 18.3 Å². The van der Waals surface area contributed by atoms with Crippen LogP contribution in [0.15, 0.2) is 170 Å². The van der Waals surface area contributed by atoms with Crippen molar-refractivity contribution in [3.63, 3.8) is 0 Å². The summed E-state index contributed by atoms with van der Waals surface area (Å²) < 4.78 is 9.70. The highest BCUT2D eigenvalue weighted by molar-refractivity contribution is 6.14. The fourth-order valence-electron chi connectivity index (χ4n) is 12.9. The van der Waals surface area contributed by atoms with E-state index in [1.165, 1.54) is 33.0 Å². The zero-order valence-corrected chi connectivity index (χ0v) is 42.5. The van der Waals surface area contributed by atoms with Crippen LogP contribution in [-0.2, 0) is 6.42 Å². The molecular formula is C69H45N7. The molecule has 356 valence electrons. The van der Waals surface area contributed by atoms with Gasteiger partial charge in [0.2, 0.25) is 0 Å². The fourth-order valence-corrected chi connectivity index (χ4v) is 12.9. The summed E-state index contributed by atoms with van der Waals surface area (Å²) in [5.74, 6) is 0. The Morgan fingerprint density at radius 2 is 0.539 bits per heavy atom. The number of benzene rings is 10. The first-order chi connectivity index (χ1) is 37.0. The van der Waals surface area contributed by atoms with Crippen molar-refractivity contribution in [3.05, 3.63) is 225 Å². The smallest absolute Gasteiger partial charge is 0.0991 e. The van der Waals surface area contributed by atoms with Gasteiger partial charge in [-0.3, -0.25) is 0 Å². The zero-order valence-electron chi connectivity index (χ0n) is 42.5. The molecule has 7 nitrogen and oxygen atoms in total. The molecule has 0 saturated carbocycles. The van der Waals surface area contributed by atoms with Gasteiger partial charge in [-0.1, -0.05) is 58.1 Å². The van der Waals surface area contributed by atoms with Crippen molar-refractivity contribution in [2.24, 2.45) is 0 Å². The van der Waals surface area contributed by atoms with Crippen LogP contribution in [0.5, 0.6) is 0 Å². The number of hydrogen-bond donors (Lipinski definition) is 0. The molecule has 15 rings (SSSR count). The van der Waals surface area contributed by atoms with Crippen LogP contribution in [0.2, 0.25) is 0 Å². The van der Waals surface area contributed by atoms with E-state index in [1.54, 1.807) is 0 Å². The van der Waals surface area contributed by atoms with Gasteiger partial charge in [-0.25, -0.2) is 0 Å². The van der Waals surface area contributed by atoms with E-state index < -0.39 is 0 Å². The number of aryl methyl sites for hydroxylation is 5. The van der Waals surface area contributed by atoms with E-state index in [2.05, 4.69) is 205 Å². The molecule has 1 aliphatic carbocycles. The van der Waals surface area contributed by atoms with Gasteiger partial charge in [0.25, 0.3) is 0 Å². The lowest BCUT2D eigenvalue weighted by Gasteiger charge is -2.18. The SMILES string of the molecule is Cc1ccc2c(c1)c1cc(C)ccc1n2-c1cc2c(c(-n3c4ccc(C)cc4c4cc(C#N)ccc43)c1)Cc1c-2cc(-n2c3ccc(C)cc3c3cc(C#N)ccc32)cc1-n1c2ccc(C)cc2c2cc(C#N)ccc21. The number of aromatic nitrogens is 4. The molecule has 0 aliphatic heterocycles. The summed E-state index contributed by atoms with van der Waals surface area (Å²) in [4.78, 5) is 0. The summed E-state index contributed by atoms with van der Waals surface area (Å²) >= 11 is 0. The molecule has 4 aromatic heterocycles. The second-order valence-electron chi connectivity index (χ2n) is 21.1. The van der Waals surface area contributed by atoms with Crippen molar-refractivity contribution in [2.45, 2.75) is 41.0 Å². The van der Waals surface area contributed by atoms with Gasteiger partial charge in [-0.15, -0.1) is 0 Å². The van der Waals surface area contributed by atoms with E-state index in [1.807, 2.05) is 36.4 Å². The predicted molar refractivity (Wildman–Crippen MR) is 310 cm³/mol. The van der Waals surface area contributed by atoms with Crippen molar-refractivity contribution >= 4 is 87.2 Å². The fraction of sp³-hybridized carbons (Fsp3) is 0.0870. The summed E-state index contributed by atoms with van der Waals surface area (Å²) in [6, 6.07) is 68.7. The quantitative estimate of drug-likeness (QED) is 0.176. The van der Waals surface area contributed by atoms with Crippen LogP contribution in [-0.4, -0.2) is 18.3 Å². The monoisotopic (exact) mass is 971 g/mol. The lowest BCUT2D eigenvalue weighted by atomic mass is 10.0. The van der Waals surface area contributed by atoms with Crippen molar-refractivity contribution < 1.29 is 0 Å². The van der Waals surface area contributed by atoms with E-state index in [9.17, 15) is 15.8 Å². The molecule has 0 amide bonds. The van der Waals surface area contributed by atoms with Gasteiger partial charge in [0.15, 0.2) is 0 Å². The molecule has 4 heterocycles. The van der Waals surface area contributed by atoms with Crippen molar-refractivity contribution in [1.82, 2.24) is 18.3 Å². The largest absolute Gasteiger partial charge is 0.309 e. The molecular weight excluding hydrogens is 927 g/mol. The summed E-state index contributed by atoms with van der Waals surface area (Å²) in [6.45, 7) is 10.7. The normalized spacial score (nSPS) is 12.2. The highest BCUT2D eigenvalue weighted by Crippen LogP contribution is 2.50. The lowest BCUT2D eigenvalue weighted by Crippen LogP contribution is -2.04. The first-order valence-electron chi connectivity index (χ1n) is 25.8. The molecule has 0 radical (unpaired) electrons. The third kappa shape index (κ3) is 6.07. The highest BCUT2D eigenvalue weighted by atomic mass is 15.0. The maximum Gasteiger partial charge on any atom is 0.0991 e. The van der Waals surface area contributed by atoms with E-state index in [0.717, 1.165) is 127 Å². The van der Waals surface area contributed by atoms with Gasteiger partial charge in [0.1, 0.15) is 0 Å². The van der Waals surface area contributed by atoms with Crippen LogP contribution in [0.1, 0.15) is 55.6 Å². The van der Waals surface area contributed by atoms with E-state index in [-0.39, 0.29) is 0 Å². The molecule has 7 heteroatoms. The maximum atomic E-state index is 10.3. The molecule has 0 spiro atoms. The minimum Gasteiger partial charge on any atom is -0.309 e. The second-order valence-corrected chi connectivity index (χ2v) is 21.1. The molecule has 10 aromatic carbocycles. The van der Waals surface area contributed by atoms with E-state index in [4.69, 9.17) is 0 Å². The van der Waals surface area contributed by atoms with Gasteiger partial charge in [-0.2, -0.15) is 15.8 Å². The zero-order chi connectivity index (χ0) is 51.4. The summed E-state index contributed by atoms with van der Waals surface area (Å²) in [6.07, 6.45) is 0.631. The first-order valence-corrected chi connectivity index (χ1v) is 25.8. The van der Waals surface area contributed by atoms with E-state index >= 15 is 0 Å². The number of fused-ring (bicyclic) bond motifs is 15. The molecule has 0 bridgehead atoms. The second kappa shape index (κ2) is 15.7. The van der Waals surface area contributed by atoms with Crippen molar-refractivity contribution in [2.75, 3.05) is 0 Å². The van der Waals surface area contributed by atoms with Crippen LogP contribution in [0.4, 0.5) is 0 Å². The summed E-state index contributed by atoms with van der Waals surface area (Å²) in [5.41, 5.74) is 25.1. The molecule has 0 unspecified atom stereocenters. The summed E-state index contributed by atoms with van der Waals surface area (Å²) in [7, 11) is 0. The predicted octanol–water partition coefficient (Wildman–Crippen LogP) is 16.8. The van der Waals surface area contributed by atoms with Gasteiger partial charge in [-0.05, 0) is 196 Å². The standard InChI is InChI=1S/C69H45N7/c1-38-6-14-60-50(22-38)51-23-39(2)7-15-61(51)73(60)46-30-48-49-31-47(74-62-16-8-40(3)24-52(62)55-27-43(35-70)11-19-63(55)74)33-69(76-65-18-10-42(5)26-54(65)57-29-45(37-72)13-21-67(57)76)59(49)34-58(48)68(32-46)75-64-17-9-41(4)25-53(64)56-28-44(36-71)12-20-66(56)75/h6-33H,34H2,1-5H3. The lowest BCUT2D eigenvalue weighted by molar-refractivity contribution is 1.07.